The van der Waals surface area contributed by atoms with Gasteiger partial charge in [0.05, 0.1) is 10.9 Å². The maximum absolute atomic E-state index is 12.6. The van der Waals surface area contributed by atoms with E-state index >= 15 is 0 Å². The van der Waals surface area contributed by atoms with Crippen LogP contribution in [0.3, 0.4) is 0 Å². The second-order valence-electron chi connectivity index (χ2n) is 6.57. The number of amides is 1. The van der Waals surface area contributed by atoms with Gasteiger partial charge in [-0.15, -0.1) is 0 Å². The van der Waals surface area contributed by atoms with E-state index in [2.05, 4.69) is 15.4 Å². The third-order valence-corrected chi connectivity index (χ3v) is 4.85. The highest BCUT2D eigenvalue weighted by molar-refractivity contribution is 6.05. The molecule has 0 bridgehead atoms. The number of fused-ring (bicyclic) bond motifs is 1. The van der Waals surface area contributed by atoms with Gasteiger partial charge in [-0.3, -0.25) is 19.4 Å². The predicted molar refractivity (Wildman–Crippen MR) is 83.0 cm³/mol. The second-order valence-corrected chi connectivity index (χ2v) is 6.57. The molecule has 0 unspecified atom stereocenters. The summed E-state index contributed by atoms with van der Waals surface area (Å²) in [7, 11) is 1.75. The van der Waals surface area contributed by atoms with Gasteiger partial charge >= 0.3 is 0 Å². The van der Waals surface area contributed by atoms with Gasteiger partial charge in [0.25, 0.3) is 11.5 Å². The van der Waals surface area contributed by atoms with Crippen molar-refractivity contribution < 1.29 is 4.79 Å². The maximum Gasteiger partial charge on any atom is 0.274 e. The van der Waals surface area contributed by atoms with E-state index in [1.165, 1.54) is 19.3 Å². The van der Waals surface area contributed by atoms with Crippen LogP contribution in [-0.2, 0) is 7.05 Å². The molecule has 0 radical (unpaired) electrons. The summed E-state index contributed by atoms with van der Waals surface area (Å²) in [6, 6.07) is 1.81. The molecule has 6 nitrogen and oxygen atoms in total. The van der Waals surface area contributed by atoms with Crippen molar-refractivity contribution in [3.05, 3.63) is 27.7 Å². The lowest BCUT2D eigenvalue weighted by molar-refractivity contribution is 0.0940. The number of carbonyl (C=O) groups is 1. The fourth-order valence-corrected chi connectivity index (χ4v) is 3.08. The van der Waals surface area contributed by atoms with Gasteiger partial charge in [0, 0.05) is 25.2 Å². The van der Waals surface area contributed by atoms with Crippen molar-refractivity contribution in [2.45, 2.75) is 38.0 Å². The molecule has 2 aromatic heterocycles. The number of carbonyl (C=O) groups excluding carboxylic acids is 1. The largest absolute Gasteiger partial charge is 0.352 e. The summed E-state index contributed by atoms with van der Waals surface area (Å²) in [5, 5.41) is 6.09. The molecule has 6 heteroatoms. The number of aryl methyl sites for hydroxylation is 1. The van der Waals surface area contributed by atoms with Crippen molar-refractivity contribution in [3.63, 3.8) is 0 Å². The number of H-pyrrole nitrogens is 1. The van der Waals surface area contributed by atoms with E-state index in [-0.39, 0.29) is 11.5 Å². The second kappa shape index (κ2) is 4.97. The molecule has 2 saturated carbocycles. The summed E-state index contributed by atoms with van der Waals surface area (Å²) in [6.07, 6.45) is 5.85. The van der Waals surface area contributed by atoms with E-state index < -0.39 is 0 Å². The van der Waals surface area contributed by atoms with Crippen LogP contribution >= 0.6 is 0 Å². The molecule has 4 rings (SSSR count). The number of rotatable bonds is 4. The maximum atomic E-state index is 12.6. The lowest BCUT2D eigenvalue weighted by Gasteiger charge is -2.25. The topological polar surface area (TPSA) is 79.8 Å². The first-order chi connectivity index (χ1) is 10.6. The van der Waals surface area contributed by atoms with Crippen LogP contribution in [0.2, 0.25) is 0 Å². The Bertz CT molecular complexity index is 796. The third kappa shape index (κ3) is 2.23. The van der Waals surface area contributed by atoms with Crippen LogP contribution in [0.25, 0.3) is 11.0 Å². The van der Waals surface area contributed by atoms with E-state index in [9.17, 15) is 9.59 Å². The lowest BCUT2D eigenvalue weighted by atomic mass is 9.85. The van der Waals surface area contributed by atoms with Crippen molar-refractivity contribution in [1.29, 1.82) is 0 Å². The number of nitrogens with zero attached hydrogens (tertiary/aromatic N) is 2. The quantitative estimate of drug-likeness (QED) is 0.901. The molecule has 0 aromatic carbocycles. The predicted octanol–water partition coefficient (Wildman–Crippen LogP) is 1.67. The van der Waals surface area contributed by atoms with Crippen LogP contribution < -0.4 is 10.9 Å². The molecule has 2 heterocycles. The first-order valence-corrected chi connectivity index (χ1v) is 8.01. The number of nitrogens with one attached hydrogen (secondary N) is 2. The highest BCUT2D eigenvalue weighted by Gasteiger charge is 2.28. The third-order valence-electron chi connectivity index (χ3n) is 4.85. The Hall–Kier alpha value is -2.11. The molecule has 0 aliphatic heterocycles. The van der Waals surface area contributed by atoms with Gasteiger partial charge in [-0.25, -0.2) is 4.98 Å². The van der Waals surface area contributed by atoms with Gasteiger partial charge in [-0.1, -0.05) is 6.42 Å². The zero-order chi connectivity index (χ0) is 15.3. The number of hydrogen-bond donors (Lipinski definition) is 2. The normalized spacial score (nSPS) is 18.4. The lowest BCUT2D eigenvalue weighted by Crippen LogP contribution is -2.32. The number of aromatic nitrogens is 3. The van der Waals surface area contributed by atoms with Crippen molar-refractivity contribution in [2.75, 3.05) is 6.54 Å². The van der Waals surface area contributed by atoms with E-state index in [0.29, 0.717) is 35.0 Å². The average molecular weight is 300 g/mol. The molecule has 116 valence electrons. The minimum absolute atomic E-state index is 0.155. The summed E-state index contributed by atoms with van der Waals surface area (Å²) in [4.78, 5) is 29.3. The van der Waals surface area contributed by atoms with Crippen molar-refractivity contribution in [3.8, 4) is 0 Å². The molecular formula is C16H20N4O2. The van der Waals surface area contributed by atoms with E-state index in [4.69, 9.17) is 0 Å². The zero-order valence-corrected chi connectivity index (χ0v) is 12.7. The molecule has 0 atom stereocenters. The monoisotopic (exact) mass is 300 g/mol. The SMILES string of the molecule is Cn1[nH]c(=O)c2c(C(=O)NCC3CCC3)cc(C3CC3)nc21. The summed E-state index contributed by atoms with van der Waals surface area (Å²) < 4.78 is 1.60. The average Bonchev–Trinajstić information content (AvgIpc) is 3.24. The van der Waals surface area contributed by atoms with E-state index in [1.54, 1.807) is 11.7 Å². The van der Waals surface area contributed by atoms with Crippen molar-refractivity contribution in [2.24, 2.45) is 13.0 Å². The molecule has 0 spiro atoms. The van der Waals surface area contributed by atoms with Crippen LogP contribution in [-0.4, -0.2) is 27.2 Å². The molecule has 2 N–H and O–H groups in total. The first-order valence-electron chi connectivity index (χ1n) is 8.01. The van der Waals surface area contributed by atoms with Crippen LogP contribution in [0, 0.1) is 5.92 Å². The summed E-state index contributed by atoms with van der Waals surface area (Å²) in [5.41, 5.74) is 1.72. The fraction of sp³-hybridized carbons (Fsp3) is 0.562. The van der Waals surface area contributed by atoms with Gasteiger partial charge in [0.2, 0.25) is 0 Å². The van der Waals surface area contributed by atoms with Crippen LogP contribution in [0.1, 0.15) is 54.1 Å². The molecule has 0 saturated heterocycles. The number of pyridine rings is 1. The van der Waals surface area contributed by atoms with Gasteiger partial charge in [0.15, 0.2) is 5.65 Å². The summed E-state index contributed by atoms with van der Waals surface area (Å²) in [6.45, 7) is 0.701. The minimum Gasteiger partial charge on any atom is -0.352 e. The van der Waals surface area contributed by atoms with Crippen molar-refractivity contribution >= 4 is 16.9 Å². The van der Waals surface area contributed by atoms with Crippen molar-refractivity contribution in [1.82, 2.24) is 20.1 Å². The number of aromatic amines is 1. The standard InChI is InChI=1S/C16H20N4O2/c1-20-14-13(16(22)19-20)11(7-12(18-14)10-5-6-10)15(21)17-8-9-3-2-4-9/h7,9-10H,2-6,8H2,1H3,(H,17,21)(H,19,22). The van der Waals surface area contributed by atoms with Crippen LogP contribution in [0.4, 0.5) is 0 Å². The minimum atomic E-state index is -0.249. The summed E-state index contributed by atoms with van der Waals surface area (Å²) in [5.74, 6) is 0.878. The van der Waals surface area contributed by atoms with Gasteiger partial charge in [-0.2, -0.15) is 0 Å². The molecule has 2 fully saturated rings. The Kier molecular flexibility index (Phi) is 3.06. The Labute approximate surface area is 127 Å². The van der Waals surface area contributed by atoms with E-state index in [0.717, 1.165) is 18.5 Å². The zero-order valence-electron chi connectivity index (χ0n) is 12.7. The van der Waals surface area contributed by atoms with E-state index in [1.807, 2.05) is 6.07 Å². The summed E-state index contributed by atoms with van der Waals surface area (Å²) >= 11 is 0. The first kappa shape index (κ1) is 13.5. The molecule has 22 heavy (non-hydrogen) atoms. The Morgan fingerprint density at radius 1 is 1.41 bits per heavy atom. The Morgan fingerprint density at radius 3 is 2.82 bits per heavy atom. The molecule has 2 aromatic rings. The molecule has 1 amide bonds. The van der Waals surface area contributed by atoms with Gasteiger partial charge < -0.3 is 5.32 Å². The number of hydrogen-bond acceptors (Lipinski definition) is 3. The highest BCUT2D eigenvalue weighted by atomic mass is 16.2. The smallest absolute Gasteiger partial charge is 0.274 e. The fourth-order valence-electron chi connectivity index (χ4n) is 3.08. The van der Waals surface area contributed by atoms with Gasteiger partial charge in [0.1, 0.15) is 0 Å². The molecule has 2 aliphatic rings. The molecular weight excluding hydrogens is 280 g/mol. The Morgan fingerprint density at radius 2 is 2.18 bits per heavy atom. The van der Waals surface area contributed by atoms with Crippen LogP contribution in [0.15, 0.2) is 10.9 Å². The van der Waals surface area contributed by atoms with Gasteiger partial charge in [-0.05, 0) is 37.7 Å². The highest BCUT2D eigenvalue weighted by Crippen LogP contribution is 2.39. The molecule has 2 aliphatic carbocycles. The Balaban J connectivity index is 1.73. The van der Waals surface area contributed by atoms with Crippen LogP contribution in [0.5, 0.6) is 0 Å².